The van der Waals surface area contributed by atoms with Crippen LogP contribution < -0.4 is 5.56 Å². The lowest BCUT2D eigenvalue weighted by Gasteiger charge is -2.34. The van der Waals surface area contributed by atoms with E-state index in [2.05, 4.69) is 21.8 Å². The van der Waals surface area contributed by atoms with E-state index in [9.17, 15) is 9.59 Å². The second-order valence-corrected chi connectivity index (χ2v) is 7.07. The largest absolute Gasteiger partial charge is 0.379 e. The highest BCUT2D eigenvalue weighted by molar-refractivity contribution is 5.79. The van der Waals surface area contributed by atoms with Crippen molar-refractivity contribution >= 4 is 5.91 Å². The lowest BCUT2D eigenvalue weighted by Crippen LogP contribution is -2.47. The van der Waals surface area contributed by atoms with Gasteiger partial charge in [-0.3, -0.25) is 14.5 Å². The van der Waals surface area contributed by atoms with Crippen LogP contribution in [-0.2, 0) is 16.0 Å². The van der Waals surface area contributed by atoms with Crippen LogP contribution in [0.3, 0.4) is 0 Å². The number of carbonyl (C=O) groups excluding carboxylic acids is 1. The maximum absolute atomic E-state index is 12.8. The number of ether oxygens (including phenoxy) is 1. The minimum atomic E-state index is -0.200. The number of hydrogen-bond donors (Lipinski definition) is 1. The Morgan fingerprint density at radius 2 is 2.00 bits per heavy atom. The molecule has 0 spiro atoms. The van der Waals surface area contributed by atoms with E-state index in [0.29, 0.717) is 29.0 Å². The van der Waals surface area contributed by atoms with E-state index in [-0.39, 0.29) is 17.9 Å². The summed E-state index contributed by atoms with van der Waals surface area (Å²) in [6.45, 7) is 10.6. The van der Waals surface area contributed by atoms with Crippen LogP contribution in [0.4, 0.5) is 0 Å². The first kappa shape index (κ1) is 18.1. The third-order valence-electron chi connectivity index (χ3n) is 5.47. The van der Waals surface area contributed by atoms with Crippen LogP contribution in [-0.4, -0.2) is 71.1 Å². The number of amides is 1. The van der Waals surface area contributed by atoms with Gasteiger partial charge in [-0.1, -0.05) is 13.3 Å². The van der Waals surface area contributed by atoms with Gasteiger partial charge in [0.1, 0.15) is 5.82 Å². The second-order valence-electron chi connectivity index (χ2n) is 7.07. The fourth-order valence-corrected chi connectivity index (χ4v) is 4.00. The highest BCUT2D eigenvalue weighted by Gasteiger charge is 2.38. The number of hydrogen-bond acceptors (Lipinski definition) is 5. The molecule has 2 aliphatic rings. The molecule has 0 aromatic carbocycles. The summed E-state index contributed by atoms with van der Waals surface area (Å²) in [5.74, 6) is 1.09. The van der Waals surface area contributed by atoms with E-state index < -0.39 is 0 Å². The first-order valence-corrected chi connectivity index (χ1v) is 9.15. The van der Waals surface area contributed by atoms with Crippen molar-refractivity contribution in [2.75, 3.05) is 39.4 Å². The Morgan fingerprint density at radius 1 is 1.28 bits per heavy atom. The van der Waals surface area contributed by atoms with Gasteiger partial charge in [-0.15, -0.1) is 0 Å². The molecular formula is C18H28N4O3. The summed E-state index contributed by atoms with van der Waals surface area (Å²) in [5, 5.41) is 0. The van der Waals surface area contributed by atoms with Gasteiger partial charge in [0.15, 0.2) is 0 Å². The van der Waals surface area contributed by atoms with E-state index >= 15 is 0 Å². The van der Waals surface area contributed by atoms with E-state index in [4.69, 9.17) is 4.74 Å². The molecule has 2 atom stereocenters. The predicted octanol–water partition coefficient (Wildman–Crippen LogP) is 0.498. The number of likely N-dealkylation sites (tertiary alicyclic amines) is 1. The van der Waals surface area contributed by atoms with Gasteiger partial charge in [-0.2, -0.15) is 0 Å². The zero-order valence-electron chi connectivity index (χ0n) is 15.4. The van der Waals surface area contributed by atoms with Crippen molar-refractivity contribution in [2.24, 2.45) is 5.92 Å². The zero-order chi connectivity index (χ0) is 18.0. The van der Waals surface area contributed by atoms with Crippen molar-refractivity contribution in [3.05, 3.63) is 27.4 Å². The van der Waals surface area contributed by atoms with Gasteiger partial charge in [0, 0.05) is 43.5 Å². The van der Waals surface area contributed by atoms with Crippen molar-refractivity contribution in [1.82, 2.24) is 19.8 Å². The van der Waals surface area contributed by atoms with Gasteiger partial charge in [0.25, 0.3) is 5.56 Å². The number of aryl methyl sites for hydroxylation is 2. The van der Waals surface area contributed by atoms with Gasteiger partial charge in [-0.05, 0) is 19.8 Å². The Labute approximate surface area is 148 Å². The zero-order valence-corrected chi connectivity index (χ0v) is 15.4. The van der Waals surface area contributed by atoms with Crippen molar-refractivity contribution in [1.29, 1.82) is 0 Å². The fraction of sp³-hybridized carbons (Fsp3) is 0.722. The van der Waals surface area contributed by atoms with Crippen molar-refractivity contribution in [3.8, 4) is 0 Å². The van der Waals surface area contributed by atoms with Crippen molar-refractivity contribution < 1.29 is 9.53 Å². The monoisotopic (exact) mass is 348 g/mol. The summed E-state index contributed by atoms with van der Waals surface area (Å²) in [6.07, 6.45) is 1.18. The summed E-state index contributed by atoms with van der Waals surface area (Å²) in [4.78, 5) is 36.3. The molecule has 1 aromatic rings. The summed E-state index contributed by atoms with van der Waals surface area (Å²) >= 11 is 0. The molecule has 25 heavy (non-hydrogen) atoms. The minimum absolute atomic E-state index is 0.0217. The van der Waals surface area contributed by atoms with Crippen LogP contribution in [0.5, 0.6) is 0 Å². The maximum Gasteiger partial charge on any atom is 0.254 e. The molecule has 7 heteroatoms. The molecule has 1 aromatic heterocycles. The number of nitrogens with zero attached hydrogens (tertiary/aromatic N) is 3. The number of aromatic nitrogens is 2. The van der Waals surface area contributed by atoms with Crippen LogP contribution in [0.2, 0.25) is 0 Å². The Kier molecular flexibility index (Phi) is 5.54. The quantitative estimate of drug-likeness (QED) is 0.857. The number of morpholine rings is 1. The number of nitrogens with one attached hydrogen (secondary N) is 1. The average molecular weight is 348 g/mol. The van der Waals surface area contributed by atoms with Gasteiger partial charge in [0.05, 0.1) is 19.6 Å². The molecule has 3 rings (SSSR count). The van der Waals surface area contributed by atoms with E-state index in [1.54, 1.807) is 13.8 Å². The standard InChI is InChI=1S/C18H28N4O3/c1-4-14-10-22(11-16(14)21-5-7-25-8-6-21)17(23)9-15-12(2)19-13(3)20-18(15)24/h14,16H,4-11H2,1-3H3,(H,19,20,24)/t14-,16-/m0/s1. The molecule has 0 radical (unpaired) electrons. The fourth-order valence-electron chi connectivity index (χ4n) is 4.00. The summed E-state index contributed by atoms with van der Waals surface area (Å²) < 4.78 is 5.45. The Hall–Kier alpha value is -1.73. The van der Waals surface area contributed by atoms with E-state index in [0.717, 1.165) is 45.8 Å². The lowest BCUT2D eigenvalue weighted by atomic mass is 9.99. The molecule has 1 N–H and O–H groups in total. The number of H-pyrrole nitrogens is 1. The van der Waals surface area contributed by atoms with Crippen LogP contribution >= 0.6 is 0 Å². The Balaban J connectivity index is 1.70. The predicted molar refractivity (Wildman–Crippen MR) is 94.6 cm³/mol. The topological polar surface area (TPSA) is 78.5 Å². The molecule has 0 aliphatic carbocycles. The Morgan fingerprint density at radius 3 is 2.64 bits per heavy atom. The molecule has 2 saturated heterocycles. The van der Waals surface area contributed by atoms with Gasteiger partial charge in [-0.25, -0.2) is 4.98 Å². The van der Waals surface area contributed by atoms with Crippen LogP contribution in [0.15, 0.2) is 4.79 Å². The highest BCUT2D eigenvalue weighted by Crippen LogP contribution is 2.26. The lowest BCUT2D eigenvalue weighted by molar-refractivity contribution is -0.129. The number of aromatic amines is 1. The third-order valence-corrected chi connectivity index (χ3v) is 5.47. The van der Waals surface area contributed by atoms with Crippen LogP contribution in [0, 0.1) is 19.8 Å². The summed E-state index contributed by atoms with van der Waals surface area (Å²) in [5.41, 5.74) is 0.929. The molecule has 2 fully saturated rings. The first-order valence-electron chi connectivity index (χ1n) is 9.15. The van der Waals surface area contributed by atoms with Crippen molar-refractivity contribution in [3.63, 3.8) is 0 Å². The van der Waals surface area contributed by atoms with Crippen LogP contribution in [0.25, 0.3) is 0 Å². The van der Waals surface area contributed by atoms with Gasteiger partial charge in [0.2, 0.25) is 5.91 Å². The first-order chi connectivity index (χ1) is 12.0. The van der Waals surface area contributed by atoms with Crippen molar-refractivity contribution in [2.45, 2.75) is 39.7 Å². The number of carbonyl (C=O) groups is 1. The second kappa shape index (κ2) is 7.66. The molecule has 3 heterocycles. The normalized spacial score (nSPS) is 24.7. The average Bonchev–Trinajstić information content (AvgIpc) is 3.03. The molecule has 0 saturated carbocycles. The van der Waals surface area contributed by atoms with Gasteiger partial charge >= 0.3 is 0 Å². The number of rotatable bonds is 4. The molecule has 1 amide bonds. The Bertz CT molecular complexity index is 681. The van der Waals surface area contributed by atoms with Crippen LogP contribution in [0.1, 0.15) is 30.4 Å². The molecule has 2 aliphatic heterocycles. The van der Waals surface area contributed by atoms with E-state index in [1.165, 1.54) is 0 Å². The maximum atomic E-state index is 12.8. The van der Waals surface area contributed by atoms with Gasteiger partial charge < -0.3 is 14.6 Å². The molecule has 0 unspecified atom stereocenters. The molecular weight excluding hydrogens is 320 g/mol. The molecule has 7 nitrogen and oxygen atoms in total. The molecule has 138 valence electrons. The SMILES string of the molecule is CC[C@H]1CN(C(=O)Cc2c(C)nc(C)[nH]c2=O)C[C@@H]1N1CCOCC1. The van der Waals surface area contributed by atoms with E-state index in [1.807, 2.05) is 4.90 Å². The minimum Gasteiger partial charge on any atom is -0.379 e. The third kappa shape index (κ3) is 3.93. The highest BCUT2D eigenvalue weighted by atomic mass is 16.5. The summed E-state index contributed by atoms with van der Waals surface area (Å²) in [6, 6.07) is 0.397. The molecule has 0 bridgehead atoms. The smallest absolute Gasteiger partial charge is 0.254 e. The summed E-state index contributed by atoms with van der Waals surface area (Å²) in [7, 11) is 0.